The van der Waals surface area contributed by atoms with Crippen LogP contribution in [0.1, 0.15) is 26.7 Å². The SMILES string of the molecule is CC1=c2cccc(-c3ccc4ccccc4c3)c2=C(C)C2CC=CCC12. The molecule has 0 heteroatoms. The van der Waals surface area contributed by atoms with E-state index in [0.717, 1.165) is 0 Å². The van der Waals surface area contributed by atoms with Gasteiger partial charge in [-0.05, 0) is 76.9 Å². The van der Waals surface area contributed by atoms with Gasteiger partial charge in [-0.15, -0.1) is 0 Å². The number of hydrogen-bond acceptors (Lipinski definition) is 0. The molecule has 3 aromatic carbocycles. The van der Waals surface area contributed by atoms with Crippen molar-refractivity contribution in [1.82, 2.24) is 0 Å². The zero-order valence-electron chi connectivity index (χ0n) is 15.5. The van der Waals surface area contributed by atoms with E-state index in [0.29, 0.717) is 11.8 Å². The highest BCUT2D eigenvalue weighted by Crippen LogP contribution is 2.38. The van der Waals surface area contributed by atoms with E-state index in [-0.39, 0.29) is 0 Å². The Labute approximate surface area is 155 Å². The molecule has 2 aliphatic rings. The molecule has 3 aromatic rings. The lowest BCUT2D eigenvalue weighted by Gasteiger charge is -2.34. The van der Waals surface area contributed by atoms with Gasteiger partial charge in [0.15, 0.2) is 0 Å². The maximum Gasteiger partial charge on any atom is -0.00931 e. The van der Waals surface area contributed by atoms with E-state index < -0.39 is 0 Å². The van der Waals surface area contributed by atoms with Crippen LogP contribution in [0.4, 0.5) is 0 Å². The summed E-state index contributed by atoms with van der Waals surface area (Å²) in [7, 11) is 0. The monoisotopic (exact) mass is 336 g/mol. The predicted molar refractivity (Wildman–Crippen MR) is 112 cm³/mol. The van der Waals surface area contributed by atoms with Gasteiger partial charge in [0.05, 0.1) is 0 Å². The third kappa shape index (κ3) is 2.29. The number of benzene rings is 3. The minimum atomic E-state index is 0.661. The summed E-state index contributed by atoms with van der Waals surface area (Å²) in [6.45, 7) is 4.72. The molecular formula is C26H24. The van der Waals surface area contributed by atoms with Gasteiger partial charge in [-0.3, -0.25) is 0 Å². The van der Waals surface area contributed by atoms with Gasteiger partial charge in [0.2, 0.25) is 0 Å². The molecule has 0 aliphatic heterocycles. The molecule has 0 heterocycles. The Bertz CT molecular complexity index is 1160. The van der Waals surface area contributed by atoms with Crippen LogP contribution in [0.25, 0.3) is 33.0 Å². The second-order valence-corrected chi connectivity index (χ2v) is 7.81. The number of fused-ring (bicyclic) bond motifs is 3. The van der Waals surface area contributed by atoms with Crippen molar-refractivity contribution in [3.8, 4) is 11.1 Å². The molecule has 26 heavy (non-hydrogen) atoms. The van der Waals surface area contributed by atoms with E-state index >= 15 is 0 Å². The lowest BCUT2D eigenvalue weighted by molar-refractivity contribution is 0.477. The first kappa shape index (κ1) is 15.6. The summed E-state index contributed by atoms with van der Waals surface area (Å²) < 4.78 is 0. The fourth-order valence-electron chi connectivity index (χ4n) is 5.06. The maximum absolute atomic E-state index is 2.38. The number of allylic oxidation sites excluding steroid dienone is 2. The molecule has 0 bridgehead atoms. The van der Waals surface area contributed by atoms with E-state index in [1.54, 1.807) is 11.1 Å². The first-order valence-corrected chi connectivity index (χ1v) is 9.69. The molecule has 5 rings (SSSR count). The van der Waals surface area contributed by atoms with Crippen LogP contribution in [0.15, 0.2) is 72.8 Å². The predicted octanol–water partition coefficient (Wildman–Crippen LogP) is 5.44. The van der Waals surface area contributed by atoms with Crippen molar-refractivity contribution >= 4 is 21.9 Å². The molecule has 0 radical (unpaired) electrons. The Morgan fingerprint density at radius 3 is 2.23 bits per heavy atom. The zero-order valence-corrected chi connectivity index (χ0v) is 15.5. The van der Waals surface area contributed by atoms with Gasteiger partial charge < -0.3 is 0 Å². The fraction of sp³-hybridized carbons (Fsp3) is 0.231. The molecule has 128 valence electrons. The summed E-state index contributed by atoms with van der Waals surface area (Å²) in [5, 5.41) is 5.57. The van der Waals surface area contributed by atoms with Gasteiger partial charge in [-0.2, -0.15) is 0 Å². The van der Waals surface area contributed by atoms with Crippen LogP contribution in [0.5, 0.6) is 0 Å². The molecule has 2 aliphatic carbocycles. The van der Waals surface area contributed by atoms with Gasteiger partial charge in [-0.25, -0.2) is 0 Å². The van der Waals surface area contributed by atoms with Gasteiger partial charge >= 0.3 is 0 Å². The van der Waals surface area contributed by atoms with Gasteiger partial charge in [0, 0.05) is 0 Å². The molecule has 0 amide bonds. The van der Waals surface area contributed by atoms with Crippen molar-refractivity contribution in [3.05, 3.63) is 83.3 Å². The average molecular weight is 336 g/mol. The van der Waals surface area contributed by atoms with Crippen molar-refractivity contribution < 1.29 is 0 Å². The van der Waals surface area contributed by atoms with Crippen LogP contribution in [0.2, 0.25) is 0 Å². The molecule has 0 spiro atoms. The van der Waals surface area contributed by atoms with Crippen LogP contribution in [0, 0.1) is 11.8 Å². The normalized spacial score (nSPS) is 21.6. The first-order chi connectivity index (χ1) is 12.7. The highest BCUT2D eigenvalue weighted by atomic mass is 14.3. The van der Waals surface area contributed by atoms with Crippen molar-refractivity contribution in [1.29, 1.82) is 0 Å². The summed E-state index contributed by atoms with van der Waals surface area (Å²) in [6.07, 6.45) is 7.12. The van der Waals surface area contributed by atoms with Crippen LogP contribution in [-0.4, -0.2) is 0 Å². The lowest BCUT2D eigenvalue weighted by atomic mass is 9.70. The maximum atomic E-state index is 2.38. The van der Waals surface area contributed by atoms with E-state index in [9.17, 15) is 0 Å². The van der Waals surface area contributed by atoms with Crippen molar-refractivity contribution in [2.24, 2.45) is 11.8 Å². The second kappa shape index (κ2) is 5.99. The summed E-state index contributed by atoms with van der Waals surface area (Å²) in [4.78, 5) is 0. The third-order valence-electron chi connectivity index (χ3n) is 6.49. The molecule has 0 aromatic heterocycles. The number of hydrogen-bond donors (Lipinski definition) is 0. The summed E-state index contributed by atoms with van der Waals surface area (Å²) in [5.41, 5.74) is 5.86. The highest BCUT2D eigenvalue weighted by molar-refractivity contribution is 5.88. The second-order valence-electron chi connectivity index (χ2n) is 7.81. The molecule has 0 saturated heterocycles. The topological polar surface area (TPSA) is 0 Å². The molecule has 2 unspecified atom stereocenters. The molecule has 0 nitrogen and oxygen atoms in total. The highest BCUT2D eigenvalue weighted by Gasteiger charge is 2.29. The van der Waals surface area contributed by atoms with Crippen molar-refractivity contribution in [2.45, 2.75) is 26.7 Å². The Morgan fingerprint density at radius 1 is 0.692 bits per heavy atom. The van der Waals surface area contributed by atoms with Crippen molar-refractivity contribution in [2.75, 3.05) is 0 Å². The molecule has 0 N–H and O–H groups in total. The summed E-state index contributed by atoms with van der Waals surface area (Å²) in [5.74, 6) is 1.34. The Balaban J connectivity index is 1.82. The largest absolute Gasteiger partial charge is 0.0879 e. The van der Waals surface area contributed by atoms with Gasteiger partial charge in [-0.1, -0.05) is 77.9 Å². The van der Waals surface area contributed by atoms with E-state index in [1.807, 2.05) is 0 Å². The standard InChI is InChI=1S/C26H24/c1-17-22-10-5-6-11-23(22)18(2)26-24(17)12-7-13-25(26)21-15-14-19-8-3-4-9-20(19)16-21/h3-9,12-16,22-23H,10-11H2,1-2H3. The fourth-order valence-corrected chi connectivity index (χ4v) is 5.06. The molecular weight excluding hydrogens is 312 g/mol. The Morgan fingerprint density at radius 2 is 1.42 bits per heavy atom. The van der Waals surface area contributed by atoms with Crippen LogP contribution < -0.4 is 10.4 Å². The molecule has 2 atom stereocenters. The zero-order chi connectivity index (χ0) is 17.7. The minimum Gasteiger partial charge on any atom is -0.0879 e. The van der Waals surface area contributed by atoms with Crippen LogP contribution in [0.3, 0.4) is 0 Å². The average Bonchev–Trinajstić information content (AvgIpc) is 2.71. The summed E-state index contributed by atoms with van der Waals surface area (Å²) in [6, 6.07) is 22.4. The lowest BCUT2D eigenvalue weighted by Crippen LogP contribution is -2.40. The van der Waals surface area contributed by atoms with E-state index in [1.165, 1.54) is 45.2 Å². The Hall–Kier alpha value is -2.60. The molecule has 0 fully saturated rings. The smallest absolute Gasteiger partial charge is 0.00931 e. The first-order valence-electron chi connectivity index (χ1n) is 9.69. The minimum absolute atomic E-state index is 0.661. The van der Waals surface area contributed by atoms with Gasteiger partial charge in [0.1, 0.15) is 0 Å². The van der Waals surface area contributed by atoms with E-state index in [2.05, 4.69) is 86.7 Å². The summed E-state index contributed by atoms with van der Waals surface area (Å²) >= 11 is 0. The molecule has 0 saturated carbocycles. The van der Waals surface area contributed by atoms with Crippen LogP contribution >= 0.6 is 0 Å². The van der Waals surface area contributed by atoms with Crippen LogP contribution in [-0.2, 0) is 0 Å². The van der Waals surface area contributed by atoms with E-state index in [4.69, 9.17) is 0 Å². The Kier molecular flexibility index (Phi) is 3.60. The quantitative estimate of drug-likeness (QED) is 0.519. The van der Waals surface area contributed by atoms with Crippen molar-refractivity contribution in [3.63, 3.8) is 0 Å². The van der Waals surface area contributed by atoms with Gasteiger partial charge in [0.25, 0.3) is 0 Å². The number of rotatable bonds is 1. The third-order valence-corrected chi connectivity index (χ3v) is 6.49.